The van der Waals surface area contributed by atoms with Crippen molar-refractivity contribution in [2.75, 3.05) is 27.7 Å². The Balaban J connectivity index is 3.69. The van der Waals surface area contributed by atoms with Crippen molar-refractivity contribution >= 4 is 7.60 Å². The fourth-order valence-electron chi connectivity index (χ4n) is 3.85. The summed E-state index contributed by atoms with van der Waals surface area (Å²) in [5.74, 6) is 0. The van der Waals surface area contributed by atoms with E-state index >= 15 is 0 Å². The Labute approximate surface area is 192 Å². The molecule has 0 aliphatic carbocycles. The van der Waals surface area contributed by atoms with Crippen LogP contribution in [-0.4, -0.2) is 52.4 Å². The average molecular weight is 461 g/mol. The molecule has 0 spiro atoms. The van der Waals surface area contributed by atoms with Gasteiger partial charge in [-0.15, -0.1) is 0 Å². The smallest absolute Gasteiger partial charge is 0.362 e. The fraction of sp³-hybridized carbons (Fsp3) is 0.840. The van der Waals surface area contributed by atoms with E-state index in [1.807, 2.05) is 27.2 Å². The third kappa shape index (κ3) is 17.7. The van der Waals surface area contributed by atoms with E-state index in [-0.39, 0.29) is 13.0 Å². The fourth-order valence-corrected chi connectivity index (χ4v) is 4.88. The molecule has 0 bridgehead atoms. The lowest BCUT2D eigenvalue weighted by molar-refractivity contribution is -0.875. The maximum absolute atomic E-state index is 11.8. The molecule has 0 saturated carbocycles. The Morgan fingerprint density at radius 1 is 0.710 bits per heavy atom. The summed E-state index contributed by atoms with van der Waals surface area (Å²) in [6.07, 6.45) is 25.7. The van der Waals surface area contributed by atoms with Gasteiger partial charge in [-0.1, -0.05) is 82.6 Å². The zero-order chi connectivity index (χ0) is 23.6. The molecule has 184 valence electrons. The number of unbranched alkanes of at least 4 members (excludes halogenated alkanes) is 11. The van der Waals surface area contributed by atoms with Crippen molar-refractivity contribution in [3.05, 3.63) is 24.3 Å². The van der Waals surface area contributed by atoms with E-state index in [2.05, 4.69) is 25.2 Å². The van der Waals surface area contributed by atoms with Crippen molar-refractivity contribution in [3.8, 4) is 0 Å². The topological polar surface area (TPSA) is 77.8 Å². The van der Waals surface area contributed by atoms with Gasteiger partial charge in [0.1, 0.15) is 6.54 Å². The van der Waals surface area contributed by atoms with Crippen molar-refractivity contribution in [2.45, 2.75) is 109 Å². The number of hydrogen-bond donors (Lipinski definition) is 3. The Hall–Kier alpha value is -0.450. The lowest BCUT2D eigenvalue weighted by Gasteiger charge is -2.35. The van der Waals surface area contributed by atoms with E-state index in [0.717, 1.165) is 19.3 Å². The molecule has 3 N–H and O–H groups in total. The summed E-state index contributed by atoms with van der Waals surface area (Å²) >= 11 is 0. The summed E-state index contributed by atoms with van der Waals surface area (Å²) in [4.78, 5) is 19.1. The number of quaternary nitrogens is 1. The number of rotatable bonds is 20. The summed E-state index contributed by atoms with van der Waals surface area (Å²) < 4.78 is 12.1. The maximum atomic E-state index is 11.8. The Kier molecular flexibility index (Phi) is 16.8. The number of nitrogens with zero attached hydrogens (tertiary/aromatic N) is 1. The van der Waals surface area contributed by atoms with Gasteiger partial charge in [0.05, 0.1) is 21.1 Å². The van der Waals surface area contributed by atoms with E-state index < -0.39 is 12.9 Å². The van der Waals surface area contributed by atoms with Gasteiger partial charge in [0.15, 0.2) is 0 Å². The molecule has 0 saturated heterocycles. The van der Waals surface area contributed by atoms with E-state index in [9.17, 15) is 19.5 Å². The minimum atomic E-state index is -4.57. The minimum Gasteiger partial charge on any atom is -0.373 e. The molecule has 0 aliphatic heterocycles. The number of hydrogen-bond acceptors (Lipinski definition) is 2. The molecule has 0 heterocycles. The summed E-state index contributed by atoms with van der Waals surface area (Å²) in [5.41, 5.74) is 0. The minimum absolute atomic E-state index is 0.0292. The van der Waals surface area contributed by atoms with Gasteiger partial charge in [-0.2, -0.15) is 0 Å². The van der Waals surface area contributed by atoms with Crippen LogP contribution < -0.4 is 0 Å². The third-order valence-electron chi connectivity index (χ3n) is 5.54. The highest BCUT2D eigenvalue weighted by atomic mass is 31.2. The Morgan fingerprint density at radius 3 is 1.48 bits per heavy atom. The van der Waals surface area contributed by atoms with Crippen molar-refractivity contribution in [2.24, 2.45) is 0 Å². The molecule has 1 unspecified atom stereocenters. The van der Waals surface area contributed by atoms with Crippen LogP contribution in [0.3, 0.4) is 0 Å². The van der Waals surface area contributed by atoms with Crippen LogP contribution in [-0.2, 0) is 4.57 Å². The van der Waals surface area contributed by atoms with Crippen molar-refractivity contribution < 1.29 is 23.9 Å². The van der Waals surface area contributed by atoms with E-state index in [0.29, 0.717) is 10.9 Å². The second-order valence-corrected chi connectivity index (χ2v) is 11.9. The molecule has 6 heteroatoms. The summed E-state index contributed by atoms with van der Waals surface area (Å²) in [6.45, 7) is 2.21. The Morgan fingerprint density at radius 2 is 1.10 bits per heavy atom. The molecule has 1 atom stereocenters. The molecule has 0 rings (SSSR count). The highest BCUT2D eigenvalue weighted by Crippen LogP contribution is 2.52. The SMILES string of the molecule is CC/C=C\CCCCCCCCCCCC/C=C\CCC(O)(C[N+](C)(C)C)P(=O)(O)O. The molecule has 0 amide bonds. The maximum Gasteiger partial charge on any atom is 0.362 e. The standard InChI is InChI=1S/C25H50NO4P/c1-5-6-7-8-9-10-11-12-13-14-15-16-17-18-19-20-21-22-23-25(27,31(28,29)30)24-26(2,3)4/h6-7,20-21,27H,5,8-19,22-24H2,1-4H3,(H-,28,29,30)/p+1/b7-6-,21-20-. The first kappa shape index (κ1) is 30.6. The van der Waals surface area contributed by atoms with E-state index in [1.54, 1.807) is 0 Å². The second kappa shape index (κ2) is 17.1. The molecule has 0 aromatic rings. The Bertz CT molecular complexity index is 536. The van der Waals surface area contributed by atoms with Crippen LogP contribution in [0.4, 0.5) is 0 Å². The summed E-state index contributed by atoms with van der Waals surface area (Å²) in [7, 11) is 0.897. The van der Waals surface area contributed by atoms with Gasteiger partial charge in [-0.3, -0.25) is 4.57 Å². The molecule has 0 radical (unpaired) electrons. The molecule has 0 aromatic carbocycles. The highest BCUT2D eigenvalue weighted by Gasteiger charge is 2.48. The summed E-state index contributed by atoms with van der Waals surface area (Å²) in [5, 5.41) is 8.55. The van der Waals surface area contributed by atoms with Gasteiger partial charge >= 0.3 is 7.60 Å². The zero-order valence-corrected chi connectivity index (χ0v) is 21.7. The normalized spacial score (nSPS) is 15.2. The third-order valence-corrected chi connectivity index (χ3v) is 6.99. The number of allylic oxidation sites excluding steroid dienone is 4. The van der Waals surface area contributed by atoms with Gasteiger partial charge < -0.3 is 19.4 Å². The van der Waals surface area contributed by atoms with Crippen LogP contribution in [0.2, 0.25) is 0 Å². The first-order chi connectivity index (χ1) is 14.5. The van der Waals surface area contributed by atoms with E-state index in [1.165, 1.54) is 64.2 Å². The van der Waals surface area contributed by atoms with Crippen LogP contribution in [0.1, 0.15) is 103 Å². The monoisotopic (exact) mass is 460 g/mol. The molecule has 0 aromatic heterocycles. The molecule has 31 heavy (non-hydrogen) atoms. The van der Waals surface area contributed by atoms with Crippen molar-refractivity contribution in [1.82, 2.24) is 0 Å². The predicted molar refractivity (Wildman–Crippen MR) is 133 cm³/mol. The largest absolute Gasteiger partial charge is 0.373 e. The first-order valence-electron chi connectivity index (χ1n) is 12.4. The van der Waals surface area contributed by atoms with Gasteiger partial charge in [0, 0.05) is 0 Å². The second-order valence-electron chi connectivity index (χ2n) is 9.98. The van der Waals surface area contributed by atoms with Gasteiger partial charge in [-0.05, 0) is 44.9 Å². The average Bonchev–Trinajstić information content (AvgIpc) is 2.65. The van der Waals surface area contributed by atoms with Gasteiger partial charge in [-0.25, -0.2) is 0 Å². The number of likely N-dealkylation sites (N-methyl/N-ethyl adjacent to an activating group) is 1. The van der Waals surface area contributed by atoms with Crippen LogP contribution in [0, 0.1) is 0 Å². The number of aliphatic hydroxyl groups is 1. The molecule has 0 fully saturated rings. The van der Waals surface area contributed by atoms with Crippen molar-refractivity contribution in [3.63, 3.8) is 0 Å². The van der Waals surface area contributed by atoms with Gasteiger partial charge in [0.2, 0.25) is 5.34 Å². The van der Waals surface area contributed by atoms with E-state index in [4.69, 9.17) is 0 Å². The predicted octanol–water partition coefficient (Wildman–Crippen LogP) is 6.54. The van der Waals surface area contributed by atoms with Crippen LogP contribution in [0.25, 0.3) is 0 Å². The molecular formula is C25H51NO4P+. The van der Waals surface area contributed by atoms with Crippen molar-refractivity contribution in [1.29, 1.82) is 0 Å². The summed E-state index contributed by atoms with van der Waals surface area (Å²) in [6, 6.07) is 0. The first-order valence-corrected chi connectivity index (χ1v) is 14.0. The van der Waals surface area contributed by atoms with Crippen LogP contribution in [0.5, 0.6) is 0 Å². The lowest BCUT2D eigenvalue weighted by Crippen LogP contribution is -2.49. The quantitative estimate of drug-likeness (QED) is 0.0834. The van der Waals surface area contributed by atoms with Crippen LogP contribution in [0.15, 0.2) is 24.3 Å². The molecule has 5 nitrogen and oxygen atoms in total. The highest BCUT2D eigenvalue weighted by molar-refractivity contribution is 7.53. The molecule has 0 aliphatic rings. The lowest BCUT2D eigenvalue weighted by atomic mass is 10.0. The zero-order valence-electron chi connectivity index (χ0n) is 20.8. The molecular weight excluding hydrogens is 409 g/mol. The van der Waals surface area contributed by atoms with Crippen LogP contribution >= 0.6 is 7.60 Å². The van der Waals surface area contributed by atoms with Gasteiger partial charge in [0.25, 0.3) is 0 Å².